The first-order chi connectivity index (χ1) is 9.03. The lowest BCUT2D eigenvalue weighted by Gasteiger charge is -2.18. The maximum atomic E-state index is 12.2. The molecule has 1 fully saturated rings. The van der Waals surface area contributed by atoms with Gasteiger partial charge < -0.3 is 10.4 Å². The van der Waals surface area contributed by atoms with Crippen LogP contribution in [0, 0.1) is 30.1 Å². The molecule has 1 aliphatic rings. The van der Waals surface area contributed by atoms with Gasteiger partial charge in [-0.25, -0.2) is 0 Å². The summed E-state index contributed by atoms with van der Waals surface area (Å²) < 4.78 is 0. The van der Waals surface area contributed by atoms with Gasteiger partial charge in [0.05, 0.1) is 17.9 Å². The zero-order valence-corrected chi connectivity index (χ0v) is 11.7. The number of amides is 1. The Labute approximate surface area is 115 Å². The second-order valence-corrected chi connectivity index (χ2v) is 5.31. The van der Waals surface area contributed by atoms with Crippen LogP contribution in [0.2, 0.25) is 0 Å². The smallest absolute Gasteiger partial charge is 0.307 e. The standard InChI is InChI=1S/C15H23NO3/c1-4-7-11(6-3)16-14(17)12-8-10(5-2)9-13(12)15(18)19/h3,10-13H,4-5,7-9H2,1-2H3,(H,16,17)(H,18,19)/t10?,11?,12-,13+/m0/s1. The molecule has 1 amide bonds. The Hall–Kier alpha value is -1.50. The van der Waals surface area contributed by atoms with Crippen LogP contribution >= 0.6 is 0 Å². The summed E-state index contributed by atoms with van der Waals surface area (Å²) in [5, 5.41) is 12.0. The Morgan fingerprint density at radius 3 is 2.47 bits per heavy atom. The lowest BCUT2D eigenvalue weighted by Crippen LogP contribution is -2.40. The fourth-order valence-corrected chi connectivity index (χ4v) is 2.80. The van der Waals surface area contributed by atoms with Crippen molar-refractivity contribution in [3.8, 4) is 12.3 Å². The van der Waals surface area contributed by atoms with E-state index in [1.165, 1.54) is 0 Å². The fourth-order valence-electron chi connectivity index (χ4n) is 2.80. The SMILES string of the molecule is C#CC(CCC)NC(=O)[C@H]1CC(CC)C[C@H]1C(=O)O. The van der Waals surface area contributed by atoms with Gasteiger partial charge >= 0.3 is 5.97 Å². The summed E-state index contributed by atoms with van der Waals surface area (Å²) in [4.78, 5) is 23.4. The Kier molecular flexibility index (Phi) is 5.88. The van der Waals surface area contributed by atoms with Crippen LogP contribution in [-0.2, 0) is 9.59 Å². The van der Waals surface area contributed by atoms with Crippen molar-refractivity contribution in [1.82, 2.24) is 5.32 Å². The van der Waals surface area contributed by atoms with Crippen LogP contribution in [0.15, 0.2) is 0 Å². The van der Waals surface area contributed by atoms with Crippen molar-refractivity contribution >= 4 is 11.9 Å². The molecule has 106 valence electrons. The minimum Gasteiger partial charge on any atom is -0.481 e. The van der Waals surface area contributed by atoms with E-state index in [0.29, 0.717) is 18.8 Å². The van der Waals surface area contributed by atoms with Gasteiger partial charge in [-0.2, -0.15) is 0 Å². The first-order valence-electron chi connectivity index (χ1n) is 7.02. The molecule has 4 nitrogen and oxygen atoms in total. The largest absolute Gasteiger partial charge is 0.481 e. The van der Waals surface area contributed by atoms with E-state index in [4.69, 9.17) is 6.42 Å². The third-order valence-electron chi connectivity index (χ3n) is 3.99. The summed E-state index contributed by atoms with van der Waals surface area (Å²) in [5.41, 5.74) is 0. The second-order valence-electron chi connectivity index (χ2n) is 5.31. The number of carboxylic acid groups (broad SMARTS) is 1. The van der Waals surface area contributed by atoms with Crippen molar-refractivity contribution in [3.05, 3.63) is 0 Å². The predicted molar refractivity (Wildman–Crippen MR) is 73.3 cm³/mol. The van der Waals surface area contributed by atoms with E-state index in [1.54, 1.807) is 0 Å². The molecule has 19 heavy (non-hydrogen) atoms. The molecule has 0 heterocycles. The van der Waals surface area contributed by atoms with Gasteiger partial charge in [0.25, 0.3) is 0 Å². The highest BCUT2D eigenvalue weighted by atomic mass is 16.4. The van der Waals surface area contributed by atoms with Crippen molar-refractivity contribution in [1.29, 1.82) is 0 Å². The van der Waals surface area contributed by atoms with Gasteiger partial charge in [-0.05, 0) is 25.2 Å². The molecule has 0 aliphatic heterocycles. The Morgan fingerprint density at radius 2 is 2.00 bits per heavy atom. The highest BCUT2D eigenvalue weighted by Gasteiger charge is 2.42. The van der Waals surface area contributed by atoms with Gasteiger partial charge in [0.1, 0.15) is 0 Å². The summed E-state index contributed by atoms with van der Waals surface area (Å²) in [6.45, 7) is 4.03. The average Bonchev–Trinajstić information content (AvgIpc) is 2.82. The number of hydrogen-bond acceptors (Lipinski definition) is 2. The number of rotatable bonds is 6. The van der Waals surface area contributed by atoms with Gasteiger partial charge in [0, 0.05) is 0 Å². The lowest BCUT2D eigenvalue weighted by atomic mass is 9.95. The molecule has 0 spiro atoms. The van der Waals surface area contributed by atoms with Gasteiger partial charge in [-0.15, -0.1) is 6.42 Å². The third-order valence-corrected chi connectivity index (χ3v) is 3.99. The van der Waals surface area contributed by atoms with E-state index in [1.807, 2.05) is 13.8 Å². The summed E-state index contributed by atoms with van der Waals surface area (Å²) in [7, 11) is 0. The van der Waals surface area contributed by atoms with E-state index in [9.17, 15) is 14.7 Å². The number of carbonyl (C=O) groups is 2. The van der Waals surface area contributed by atoms with Crippen molar-refractivity contribution in [2.75, 3.05) is 0 Å². The van der Waals surface area contributed by atoms with Crippen LogP contribution in [0.4, 0.5) is 0 Å². The highest BCUT2D eigenvalue weighted by molar-refractivity contribution is 5.85. The Morgan fingerprint density at radius 1 is 1.37 bits per heavy atom. The fraction of sp³-hybridized carbons (Fsp3) is 0.733. The molecule has 4 heteroatoms. The van der Waals surface area contributed by atoms with Crippen LogP contribution in [0.1, 0.15) is 46.0 Å². The predicted octanol–water partition coefficient (Wildman–Crippen LogP) is 2.04. The van der Waals surface area contributed by atoms with Crippen LogP contribution in [0.5, 0.6) is 0 Å². The number of carbonyl (C=O) groups excluding carboxylic acids is 1. The van der Waals surface area contributed by atoms with Crippen LogP contribution < -0.4 is 5.32 Å². The molecular weight excluding hydrogens is 242 g/mol. The average molecular weight is 265 g/mol. The van der Waals surface area contributed by atoms with Gasteiger partial charge in [0.2, 0.25) is 5.91 Å². The molecule has 2 unspecified atom stereocenters. The summed E-state index contributed by atoms with van der Waals surface area (Å²) in [6.07, 6.45) is 9.16. The molecule has 1 aliphatic carbocycles. The molecule has 0 radical (unpaired) electrons. The van der Waals surface area contributed by atoms with Crippen molar-refractivity contribution in [3.63, 3.8) is 0 Å². The molecule has 1 rings (SSSR count). The maximum Gasteiger partial charge on any atom is 0.307 e. The summed E-state index contributed by atoms with van der Waals surface area (Å²) >= 11 is 0. The number of nitrogens with one attached hydrogen (secondary N) is 1. The van der Waals surface area contributed by atoms with Crippen molar-refractivity contribution < 1.29 is 14.7 Å². The highest BCUT2D eigenvalue weighted by Crippen LogP contribution is 2.38. The zero-order chi connectivity index (χ0) is 14.4. The quantitative estimate of drug-likeness (QED) is 0.722. The molecule has 0 bridgehead atoms. The maximum absolute atomic E-state index is 12.2. The number of hydrogen-bond donors (Lipinski definition) is 2. The number of aliphatic carboxylic acids is 1. The zero-order valence-electron chi connectivity index (χ0n) is 11.7. The van der Waals surface area contributed by atoms with Crippen molar-refractivity contribution in [2.24, 2.45) is 17.8 Å². The van der Waals surface area contributed by atoms with E-state index < -0.39 is 17.8 Å². The monoisotopic (exact) mass is 265 g/mol. The molecule has 0 saturated heterocycles. The topological polar surface area (TPSA) is 66.4 Å². The Balaban J connectivity index is 2.68. The minimum atomic E-state index is -0.871. The first kappa shape index (κ1) is 15.6. The van der Waals surface area contributed by atoms with Gasteiger partial charge in [-0.1, -0.05) is 32.6 Å². The molecule has 0 aromatic heterocycles. The summed E-state index contributed by atoms with van der Waals surface area (Å²) in [5.74, 6) is 0.807. The van der Waals surface area contributed by atoms with Crippen LogP contribution in [-0.4, -0.2) is 23.0 Å². The summed E-state index contributed by atoms with van der Waals surface area (Å²) in [6, 6.07) is -0.285. The van der Waals surface area contributed by atoms with E-state index in [0.717, 1.165) is 19.3 Å². The van der Waals surface area contributed by atoms with Crippen LogP contribution in [0.3, 0.4) is 0 Å². The second kappa shape index (κ2) is 7.18. The van der Waals surface area contributed by atoms with Gasteiger partial charge in [0.15, 0.2) is 0 Å². The number of carboxylic acids is 1. The lowest BCUT2D eigenvalue weighted by molar-refractivity contribution is -0.146. The van der Waals surface area contributed by atoms with E-state index in [2.05, 4.69) is 11.2 Å². The van der Waals surface area contributed by atoms with Crippen LogP contribution in [0.25, 0.3) is 0 Å². The van der Waals surface area contributed by atoms with E-state index in [-0.39, 0.29) is 11.9 Å². The van der Waals surface area contributed by atoms with E-state index >= 15 is 0 Å². The molecule has 1 saturated carbocycles. The molecule has 0 aromatic carbocycles. The normalized spacial score (nSPS) is 27.5. The number of terminal acetylenes is 1. The Bertz CT molecular complexity index is 372. The molecule has 4 atom stereocenters. The minimum absolute atomic E-state index is 0.195. The third kappa shape index (κ3) is 3.99. The molecule has 2 N–H and O–H groups in total. The first-order valence-corrected chi connectivity index (χ1v) is 7.02. The molecular formula is C15H23NO3. The molecule has 0 aromatic rings. The van der Waals surface area contributed by atoms with Crippen molar-refractivity contribution in [2.45, 2.75) is 52.0 Å². The van der Waals surface area contributed by atoms with Gasteiger partial charge in [-0.3, -0.25) is 9.59 Å².